The maximum atomic E-state index is 13.4. The van der Waals surface area contributed by atoms with Crippen LogP contribution in [0.15, 0.2) is 36.8 Å². The fourth-order valence-corrected chi connectivity index (χ4v) is 5.32. The number of benzene rings is 1. The molecule has 1 aromatic carbocycles. The second kappa shape index (κ2) is 8.94. The van der Waals surface area contributed by atoms with Crippen LogP contribution in [0, 0.1) is 0 Å². The van der Waals surface area contributed by atoms with Crippen LogP contribution in [0.25, 0.3) is 5.65 Å². The Hall–Kier alpha value is -3.50. The van der Waals surface area contributed by atoms with Gasteiger partial charge in [-0.1, -0.05) is 0 Å². The Morgan fingerprint density at radius 2 is 1.94 bits per heavy atom. The monoisotopic (exact) mass is 475 g/mol. The topological polar surface area (TPSA) is 95.3 Å². The molecule has 2 amide bonds. The van der Waals surface area contributed by atoms with Gasteiger partial charge in [-0.15, -0.1) is 0 Å². The number of hydrogen-bond donors (Lipinski definition) is 1. The van der Waals surface area contributed by atoms with Gasteiger partial charge in [0.25, 0.3) is 11.8 Å². The van der Waals surface area contributed by atoms with Crippen LogP contribution >= 0.6 is 0 Å². The summed E-state index contributed by atoms with van der Waals surface area (Å²) in [6, 6.07) is 5.96. The van der Waals surface area contributed by atoms with E-state index in [0.29, 0.717) is 49.7 Å². The summed E-state index contributed by atoms with van der Waals surface area (Å²) in [6.07, 6.45) is 6.91. The van der Waals surface area contributed by atoms with Gasteiger partial charge in [0.05, 0.1) is 30.8 Å². The molecule has 1 N–H and O–H groups in total. The molecule has 2 saturated heterocycles. The lowest BCUT2D eigenvalue weighted by Crippen LogP contribution is -2.43. The zero-order chi connectivity index (χ0) is 23.9. The van der Waals surface area contributed by atoms with Crippen molar-refractivity contribution in [2.75, 3.05) is 56.7 Å². The molecular weight excluding hydrogens is 446 g/mol. The molecule has 2 fully saturated rings. The molecule has 3 aromatic rings. The molecule has 0 aliphatic carbocycles. The van der Waals surface area contributed by atoms with Gasteiger partial charge in [0.2, 0.25) is 0 Å². The third kappa shape index (κ3) is 4.02. The fraction of sp³-hybridized carbons (Fsp3) is 0.440. The summed E-state index contributed by atoms with van der Waals surface area (Å²) in [5.74, 6) is -0.182. The number of ether oxygens (including phenoxy) is 1. The molecule has 10 nitrogen and oxygen atoms in total. The largest absolute Gasteiger partial charge is 0.378 e. The average molecular weight is 476 g/mol. The average Bonchev–Trinajstić information content (AvgIpc) is 3.46. The molecule has 3 aliphatic rings. The molecular formula is C25H29N7O3. The third-order valence-corrected chi connectivity index (χ3v) is 7.31. The number of fused-ring (bicyclic) bond motifs is 2. The minimum absolute atomic E-state index is 0.0915. The molecule has 0 bridgehead atoms. The van der Waals surface area contributed by atoms with E-state index in [1.165, 1.54) is 6.20 Å². The van der Waals surface area contributed by atoms with Crippen LogP contribution in [-0.4, -0.2) is 88.7 Å². The van der Waals surface area contributed by atoms with Crippen molar-refractivity contribution in [3.8, 4) is 0 Å². The van der Waals surface area contributed by atoms with Gasteiger partial charge >= 0.3 is 0 Å². The van der Waals surface area contributed by atoms with Crippen LogP contribution in [-0.2, 0) is 11.3 Å². The predicted octanol–water partition coefficient (Wildman–Crippen LogP) is 1.87. The predicted molar refractivity (Wildman–Crippen MR) is 131 cm³/mol. The highest BCUT2D eigenvalue weighted by Crippen LogP contribution is 2.37. The Bertz CT molecular complexity index is 1280. The Morgan fingerprint density at radius 1 is 1.14 bits per heavy atom. The number of piperidine rings is 1. The molecule has 35 heavy (non-hydrogen) atoms. The fourth-order valence-electron chi connectivity index (χ4n) is 5.32. The molecule has 10 heteroatoms. The van der Waals surface area contributed by atoms with E-state index in [9.17, 15) is 9.59 Å². The zero-order valence-electron chi connectivity index (χ0n) is 19.8. The molecule has 0 spiro atoms. The number of nitrogens with one attached hydrogen (secondary N) is 1. The number of hydrogen-bond acceptors (Lipinski definition) is 7. The number of anilines is 2. The summed E-state index contributed by atoms with van der Waals surface area (Å²) in [7, 11) is 2.12. The van der Waals surface area contributed by atoms with Gasteiger partial charge in [-0.25, -0.2) is 9.50 Å². The second-order valence-electron chi connectivity index (χ2n) is 9.49. The first kappa shape index (κ1) is 22.0. The summed E-state index contributed by atoms with van der Waals surface area (Å²) >= 11 is 0. The van der Waals surface area contributed by atoms with Gasteiger partial charge in [-0.2, -0.15) is 5.10 Å². The van der Waals surface area contributed by atoms with Crippen molar-refractivity contribution in [3.05, 3.63) is 53.5 Å². The van der Waals surface area contributed by atoms with E-state index in [1.54, 1.807) is 23.0 Å². The molecule has 0 saturated carbocycles. The van der Waals surface area contributed by atoms with Crippen molar-refractivity contribution < 1.29 is 14.3 Å². The number of likely N-dealkylation sites (tertiary alicyclic amines) is 1. The highest BCUT2D eigenvalue weighted by Gasteiger charge is 2.35. The molecule has 2 aromatic heterocycles. The van der Waals surface area contributed by atoms with Gasteiger partial charge in [-0.05, 0) is 56.7 Å². The highest BCUT2D eigenvalue weighted by molar-refractivity contribution is 6.10. The van der Waals surface area contributed by atoms with Crippen LogP contribution in [0.2, 0.25) is 0 Å². The maximum absolute atomic E-state index is 13.4. The zero-order valence-corrected chi connectivity index (χ0v) is 19.8. The summed E-state index contributed by atoms with van der Waals surface area (Å²) < 4.78 is 7.12. The first-order valence-corrected chi connectivity index (χ1v) is 12.2. The second-order valence-corrected chi connectivity index (χ2v) is 9.49. The lowest BCUT2D eigenvalue weighted by Gasteiger charge is -2.34. The first-order chi connectivity index (χ1) is 17.1. The number of amides is 2. The van der Waals surface area contributed by atoms with Crippen LogP contribution in [0.3, 0.4) is 0 Å². The lowest BCUT2D eigenvalue weighted by molar-refractivity contribution is 0.0616. The smallest absolute Gasteiger partial charge is 0.261 e. The quantitative estimate of drug-likeness (QED) is 0.616. The van der Waals surface area contributed by atoms with Crippen molar-refractivity contribution in [1.29, 1.82) is 0 Å². The minimum atomic E-state index is -0.273. The van der Waals surface area contributed by atoms with Crippen LogP contribution in [0.5, 0.6) is 0 Å². The molecule has 0 unspecified atom stereocenters. The summed E-state index contributed by atoms with van der Waals surface area (Å²) in [5, 5.41) is 7.34. The number of rotatable bonds is 4. The van der Waals surface area contributed by atoms with Crippen molar-refractivity contribution in [2.45, 2.75) is 25.4 Å². The van der Waals surface area contributed by atoms with Crippen molar-refractivity contribution in [3.63, 3.8) is 0 Å². The number of morpholine rings is 1. The van der Waals surface area contributed by atoms with E-state index in [-0.39, 0.29) is 17.9 Å². The van der Waals surface area contributed by atoms with Gasteiger partial charge < -0.3 is 24.8 Å². The molecule has 0 atom stereocenters. The first-order valence-electron chi connectivity index (χ1n) is 12.2. The van der Waals surface area contributed by atoms with E-state index >= 15 is 0 Å². The minimum Gasteiger partial charge on any atom is -0.378 e. The number of nitrogens with zero attached hydrogens (tertiary/aromatic N) is 6. The van der Waals surface area contributed by atoms with Gasteiger partial charge in [0.1, 0.15) is 5.56 Å². The van der Waals surface area contributed by atoms with Crippen LogP contribution in [0.4, 0.5) is 11.4 Å². The summed E-state index contributed by atoms with van der Waals surface area (Å²) in [5.41, 5.74) is 4.15. The number of carbonyl (C=O) groups is 2. The Kier molecular flexibility index (Phi) is 5.62. The van der Waals surface area contributed by atoms with E-state index in [1.807, 2.05) is 17.0 Å². The maximum Gasteiger partial charge on any atom is 0.261 e. The van der Waals surface area contributed by atoms with E-state index in [0.717, 1.165) is 42.7 Å². The SMILES string of the molecule is CN1CCC(N2Cc3cc(NC(=O)c4cnn5cccnc45)c(N4CCOCC4)cc3C2=O)CC1. The van der Waals surface area contributed by atoms with Crippen molar-refractivity contribution in [2.24, 2.45) is 0 Å². The Balaban J connectivity index is 1.33. The van der Waals surface area contributed by atoms with Gasteiger partial charge in [0, 0.05) is 43.6 Å². The molecule has 5 heterocycles. The van der Waals surface area contributed by atoms with Crippen molar-refractivity contribution >= 4 is 28.8 Å². The van der Waals surface area contributed by atoms with Gasteiger partial charge in [-0.3, -0.25) is 9.59 Å². The van der Waals surface area contributed by atoms with E-state index in [2.05, 4.69) is 32.2 Å². The van der Waals surface area contributed by atoms with Crippen LogP contribution in [0.1, 0.15) is 39.1 Å². The number of aromatic nitrogens is 3. The Morgan fingerprint density at radius 3 is 2.74 bits per heavy atom. The summed E-state index contributed by atoms with van der Waals surface area (Å²) in [4.78, 5) is 37.6. The van der Waals surface area contributed by atoms with Gasteiger partial charge in [0.15, 0.2) is 5.65 Å². The summed E-state index contributed by atoms with van der Waals surface area (Å²) in [6.45, 7) is 5.19. The molecule has 6 rings (SSSR count). The van der Waals surface area contributed by atoms with Crippen LogP contribution < -0.4 is 10.2 Å². The number of carbonyl (C=O) groups excluding carboxylic acids is 2. The van der Waals surface area contributed by atoms with E-state index in [4.69, 9.17) is 4.74 Å². The lowest BCUT2D eigenvalue weighted by atomic mass is 10.0. The molecule has 182 valence electrons. The Labute approximate surface area is 203 Å². The van der Waals surface area contributed by atoms with E-state index < -0.39 is 0 Å². The third-order valence-electron chi connectivity index (χ3n) is 7.31. The highest BCUT2D eigenvalue weighted by atomic mass is 16.5. The molecule has 0 radical (unpaired) electrons. The standard InChI is InChI=1S/C25H29N7O3/c1-29-7-3-18(4-8-29)31-16-17-13-21(22(14-19(17)25(31)34)30-9-11-35-12-10-30)28-24(33)20-15-27-32-6-2-5-26-23(20)32/h2,5-6,13-15,18H,3-4,7-12,16H2,1H3,(H,28,33). The van der Waals surface area contributed by atoms with Crippen molar-refractivity contribution in [1.82, 2.24) is 24.4 Å². The normalized spacial score (nSPS) is 19.4. The molecule has 3 aliphatic heterocycles.